The minimum absolute atomic E-state index is 0.490. The number of amidine groups is 1. The molecule has 3 N–H and O–H groups in total. The van der Waals surface area contributed by atoms with Crippen LogP contribution < -0.4 is 11.1 Å². The van der Waals surface area contributed by atoms with Crippen molar-refractivity contribution in [3.05, 3.63) is 211 Å². The van der Waals surface area contributed by atoms with E-state index in [0.717, 1.165) is 28.0 Å². The van der Waals surface area contributed by atoms with Crippen LogP contribution in [0.4, 0.5) is 0 Å². The van der Waals surface area contributed by atoms with Gasteiger partial charge in [0.15, 0.2) is 0 Å². The number of nitrogens with two attached hydrogens (primary N) is 1. The topological polar surface area (TPSA) is 60.3 Å². The van der Waals surface area contributed by atoms with Gasteiger partial charge in [0.25, 0.3) is 0 Å². The minimum atomic E-state index is -0.490. The van der Waals surface area contributed by atoms with E-state index in [1.165, 1.54) is 60.5 Å². The second-order valence-electron chi connectivity index (χ2n) is 14.2. The first-order valence-corrected chi connectivity index (χ1v) is 19.1. The van der Waals surface area contributed by atoms with Gasteiger partial charge in [0.05, 0.1) is 28.7 Å². The highest BCUT2D eigenvalue weighted by atomic mass is 15.2. The van der Waals surface area contributed by atoms with Crippen LogP contribution in [-0.4, -0.2) is 15.0 Å². The molecule has 5 nitrogen and oxygen atoms in total. The molecule has 2 heterocycles. The lowest BCUT2D eigenvalue weighted by Crippen LogP contribution is -2.28. The zero-order valence-corrected chi connectivity index (χ0v) is 30.8. The molecule has 0 spiro atoms. The largest absolute Gasteiger partial charge is 0.352 e. The van der Waals surface area contributed by atoms with Crippen molar-refractivity contribution in [3.8, 4) is 27.9 Å². The average molecular weight is 722 g/mol. The molecule has 0 fully saturated rings. The lowest BCUT2D eigenvalue weighted by molar-refractivity contribution is 0.693. The summed E-state index contributed by atoms with van der Waals surface area (Å²) in [5, 5.41) is 8.59. The van der Waals surface area contributed by atoms with E-state index in [-0.39, 0.29) is 0 Å². The second kappa shape index (κ2) is 14.2. The number of fused-ring (bicyclic) bond motifs is 6. The van der Waals surface area contributed by atoms with Crippen LogP contribution in [0.5, 0.6) is 0 Å². The van der Waals surface area contributed by atoms with E-state index in [4.69, 9.17) is 10.7 Å². The third kappa shape index (κ3) is 6.01. The maximum Gasteiger partial charge on any atom is 0.131 e. The van der Waals surface area contributed by atoms with Crippen LogP contribution in [0.1, 0.15) is 17.3 Å². The molecule has 5 heteroatoms. The highest BCUT2D eigenvalue weighted by Gasteiger charge is 2.16. The summed E-state index contributed by atoms with van der Waals surface area (Å²) in [5.74, 6) is 0.755. The van der Waals surface area contributed by atoms with Crippen molar-refractivity contribution in [1.29, 1.82) is 0 Å². The molecule has 8 aromatic carbocycles. The Balaban J connectivity index is 0.972. The lowest BCUT2D eigenvalue weighted by Gasteiger charge is -2.16. The number of nitrogens with zero attached hydrogens (tertiary/aromatic N) is 3. The number of aliphatic imine (C=N–C) groups is 1. The standard InChI is InChI=1S/C51H39N5/c52-50(37-14-4-1-5-15-37)54-51(38-16-6-2-7-17-38)53-34-55-46-22-12-10-20-42(46)44-32-39(28-30-47(44)55)35-24-26-36(27-25-35)40-29-31-49-45(33-40)43-21-11-13-23-48(43)56(49)41-18-8-3-9-19-41/h1-33,50H,34,52H2,(H,53,54). The van der Waals surface area contributed by atoms with Gasteiger partial charge in [0.2, 0.25) is 0 Å². The molecule has 1 atom stereocenters. The van der Waals surface area contributed by atoms with Gasteiger partial charge >= 0.3 is 0 Å². The molecule has 0 radical (unpaired) electrons. The van der Waals surface area contributed by atoms with Crippen molar-refractivity contribution in [1.82, 2.24) is 14.5 Å². The number of benzene rings is 8. The Morgan fingerprint density at radius 1 is 0.464 bits per heavy atom. The Morgan fingerprint density at radius 2 is 0.929 bits per heavy atom. The minimum Gasteiger partial charge on any atom is -0.352 e. The number of para-hydroxylation sites is 3. The molecule has 0 saturated carbocycles. The fourth-order valence-corrected chi connectivity index (χ4v) is 8.10. The molecule has 56 heavy (non-hydrogen) atoms. The van der Waals surface area contributed by atoms with E-state index in [9.17, 15) is 0 Å². The normalized spacial score (nSPS) is 12.5. The summed E-state index contributed by atoms with van der Waals surface area (Å²) in [6.07, 6.45) is -0.490. The number of rotatable bonds is 8. The molecule has 0 amide bonds. The quantitative estimate of drug-likeness (QED) is 0.121. The van der Waals surface area contributed by atoms with Crippen molar-refractivity contribution in [2.45, 2.75) is 12.8 Å². The Hall–Kier alpha value is -7.21. The van der Waals surface area contributed by atoms with Crippen LogP contribution in [0.25, 0.3) is 71.6 Å². The monoisotopic (exact) mass is 721 g/mol. The fourth-order valence-electron chi connectivity index (χ4n) is 8.10. The molecular formula is C51H39N5. The predicted molar refractivity (Wildman–Crippen MR) is 234 cm³/mol. The Bertz CT molecular complexity index is 3010. The number of nitrogens with one attached hydrogen (secondary N) is 1. The summed E-state index contributed by atoms with van der Waals surface area (Å²) in [5.41, 5.74) is 19.2. The first kappa shape index (κ1) is 33.4. The van der Waals surface area contributed by atoms with E-state index in [2.05, 4.69) is 166 Å². The van der Waals surface area contributed by atoms with Gasteiger partial charge in [-0.2, -0.15) is 0 Å². The third-order valence-electron chi connectivity index (χ3n) is 10.9. The zero-order valence-electron chi connectivity index (χ0n) is 30.8. The molecule has 1 unspecified atom stereocenters. The van der Waals surface area contributed by atoms with Crippen LogP contribution in [0.15, 0.2) is 205 Å². The van der Waals surface area contributed by atoms with Crippen molar-refractivity contribution < 1.29 is 0 Å². The van der Waals surface area contributed by atoms with E-state index in [1.807, 2.05) is 48.5 Å². The van der Waals surface area contributed by atoms with Crippen molar-refractivity contribution in [3.63, 3.8) is 0 Å². The maximum atomic E-state index is 6.61. The summed E-state index contributed by atoms with van der Waals surface area (Å²) in [6, 6.07) is 70.7. The zero-order chi connectivity index (χ0) is 37.4. The van der Waals surface area contributed by atoms with Gasteiger partial charge in [0, 0.05) is 32.8 Å². The first-order chi connectivity index (χ1) is 27.7. The molecule has 0 aliphatic rings. The summed E-state index contributed by atoms with van der Waals surface area (Å²) >= 11 is 0. The van der Waals surface area contributed by atoms with E-state index in [0.29, 0.717) is 6.67 Å². The molecule has 0 aliphatic heterocycles. The molecule has 10 rings (SSSR count). The van der Waals surface area contributed by atoms with Crippen LogP contribution >= 0.6 is 0 Å². The van der Waals surface area contributed by atoms with Crippen molar-refractivity contribution in [2.24, 2.45) is 10.7 Å². The fraction of sp³-hybridized carbons (Fsp3) is 0.0392. The molecule has 0 bridgehead atoms. The summed E-state index contributed by atoms with van der Waals surface area (Å²) in [6.45, 7) is 0.529. The highest BCUT2D eigenvalue weighted by molar-refractivity contribution is 6.11. The summed E-state index contributed by atoms with van der Waals surface area (Å²) in [4.78, 5) is 4.97. The summed E-state index contributed by atoms with van der Waals surface area (Å²) in [7, 11) is 0. The molecule has 2 aromatic heterocycles. The smallest absolute Gasteiger partial charge is 0.131 e. The van der Waals surface area contributed by atoms with Gasteiger partial charge < -0.3 is 20.2 Å². The maximum absolute atomic E-state index is 6.61. The van der Waals surface area contributed by atoms with Gasteiger partial charge in [-0.25, -0.2) is 4.99 Å². The first-order valence-electron chi connectivity index (χ1n) is 19.1. The average Bonchev–Trinajstić information content (AvgIpc) is 3.77. The van der Waals surface area contributed by atoms with Crippen LogP contribution in [0, 0.1) is 0 Å². The van der Waals surface area contributed by atoms with Gasteiger partial charge in [-0.05, 0) is 76.3 Å². The van der Waals surface area contributed by atoms with Crippen LogP contribution in [-0.2, 0) is 6.67 Å². The highest BCUT2D eigenvalue weighted by Crippen LogP contribution is 2.36. The number of hydrogen-bond acceptors (Lipinski definition) is 2. The Morgan fingerprint density at radius 3 is 1.59 bits per heavy atom. The Labute approximate surface area is 325 Å². The van der Waals surface area contributed by atoms with Crippen LogP contribution in [0.3, 0.4) is 0 Å². The van der Waals surface area contributed by atoms with Gasteiger partial charge in [-0.1, -0.05) is 152 Å². The van der Waals surface area contributed by atoms with Gasteiger partial charge in [-0.3, -0.25) is 0 Å². The second-order valence-corrected chi connectivity index (χ2v) is 14.2. The third-order valence-corrected chi connectivity index (χ3v) is 10.9. The SMILES string of the molecule is NC(/N=C(\NCn1c2ccccc2c2cc(-c3ccc(-c4ccc5c(c4)c4ccccc4n5-c4ccccc4)cc3)ccc21)c1ccccc1)c1ccccc1. The van der Waals surface area contributed by atoms with Gasteiger partial charge in [-0.15, -0.1) is 0 Å². The van der Waals surface area contributed by atoms with Crippen LogP contribution in [0.2, 0.25) is 0 Å². The number of hydrogen-bond donors (Lipinski definition) is 2. The predicted octanol–water partition coefficient (Wildman–Crippen LogP) is 11.9. The molecule has 0 aliphatic carbocycles. The molecular weight excluding hydrogens is 683 g/mol. The number of aromatic nitrogens is 2. The van der Waals surface area contributed by atoms with Gasteiger partial charge in [0.1, 0.15) is 12.0 Å². The molecule has 10 aromatic rings. The van der Waals surface area contributed by atoms with E-state index in [1.54, 1.807) is 0 Å². The Kier molecular flexibility index (Phi) is 8.47. The summed E-state index contributed by atoms with van der Waals surface area (Å²) < 4.78 is 4.69. The van der Waals surface area contributed by atoms with E-state index < -0.39 is 6.17 Å². The lowest BCUT2D eigenvalue weighted by atomic mass is 9.98. The van der Waals surface area contributed by atoms with Crippen molar-refractivity contribution >= 4 is 49.4 Å². The molecule has 268 valence electrons. The molecule has 0 saturated heterocycles. The van der Waals surface area contributed by atoms with E-state index >= 15 is 0 Å². The van der Waals surface area contributed by atoms with Crippen molar-refractivity contribution in [2.75, 3.05) is 0 Å².